The SMILES string of the molecule is C[C@H]1c2nn(C)c(-c3cc(F)c(F)c(F)c3)c2CCN1C(=O)c1nccc2occc12. The Morgan fingerprint density at radius 1 is 1.19 bits per heavy atom. The predicted molar refractivity (Wildman–Crippen MR) is 106 cm³/mol. The van der Waals surface area contributed by atoms with Crippen LogP contribution in [-0.2, 0) is 13.5 Å². The van der Waals surface area contributed by atoms with Crippen LogP contribution in [0.15, 0.2) is 41.1 Å². The van der Waals surface area contributed by atoms with E-state index in [-0.39, 0.29) is 11.5 Å². The molecule has 1 aliphatic rings. The highest BCUT2D eigenvalue weighted by Gasteiger charge is 2.34. The Kier molecular flexibility index (Phi) is 4.35. The van der Waals surface area contributed by atoms with Crippen LogP contribution >= 0.6 is 0 Å². The quantitative estimate of drug-likeness (QED) is 0.446. The lowest BCUT2D eigenvalue weighted by molar-refractivity contribution is 0.0670. The molecule has 3 aromatic heterocycles. The number of rotatable bonds is 2. The van der Waals surface area contributed by atoms with Crippen molar-refractivity contribution in [2.45, 2.75) is 19.4 Å². The number of carbonyl (C=O) groups excluding carboxylic acids is 1. The molecule has 0 N–H and O–H groups in total. The van der Waals surface area contributed by atoms with E-state index in [9.17, 15) is 18.0 Å². The summed E-state index contributed by atoms with van der Waals surface area (Å²) >= 11 is 0. The molecule has 1 aromatic carbocycles. The highest BCUT2D eigenvalue weighted by atomic mass is 19.2. The minimum atomic E-state index is -1.51. The summed E-state index contributed by atoms with van der Waals surface area (Å²) in [4.78, 5) is 19.2. The number of benzene rings is 1. The van der Waals surface area contributed by atoms with Gasteiger partial charge in [0.2, 0.25) is 0 Å². The normalized spacial score (nSPS) is 16.0. The molecule has 0 saturated carbocycles. The maximum absolute atomic E-state index is 13.8. The van der Waals surface area contributed by atoms with Crippen LogP contribution in [0.4, 0.5) is 13.2 Å². The number of furan rings is 1. The topological polar surface area (TPSA) is 64.2 Å². The third-order valence-electron chi connectivity index (χ3n) is 5.74. The summed E-state index contributed by atoms with van der Waals surface area (Å²) in [6, 6.07) is 4.92. The highest BCUT2D eigenvalue weighted by molar-refractivity contribution is 6.04. The number of hydrogen-bond acceptors (Lipinski definition) is 4. The van der Waals surface area contributed by atoms with E-state index in [1.165, 1.54) is 17.1 Å². The molecule has 0 unspecified atom stereocenters. The van der Waals surface area contributed by atoms with Crippen LogP contribution in [-0.4, -0.2) is 32.1 Å². The first-order valence-electron chi connectivity index (χ1n) is 9.70. The number of aryl methyl sites for hydroxylation is 1. The molecule has 0 bridgehead atoms. The minimum Gasteiger partial charge on any atom is -0.464 e. The molecule has 1 aliphatic heterocycles. The lowest BCUT2D eigenvalue weighted by Crippen LogP contribution is -2.39. The predicted octanol–water partition coefficient (Wildman–Crippen LogP) is 4.41. The zero-order valence-electron chi connectivity index (χ0n) is 16.7. The summed E-state index contributed by atoms with van der Waals surface area (Å²) in [5.74, 6) is -4.28. The Hall–Kier alpha value is -3.62. The van der Waals surface area contributed by atoms with Crippen molar-refractivity contribution in [1.29, 1.82) is 0 Å². The number of pyridine rings is 1. The molecule has 5 rings (SSSR count). The average Bonchev–Trinajstić information content (AvgIpc) is 3.35. The molecule has 6 nitrogen and oxygen atoms in total. The second-order valence-corrected chi connectivity index (χ2v) is 7.51. The smallest absolute Gasteiger partial charge is 0.273 e. The molecule has 4 heterocycles. The molecular weight excluding hydrogens is 409 g/mol. The number of fused-ring (bicyclic) bond motifs is 2. The maximum atomic E-state index is 13.8. The average molecular weight is 426 g/mol. The monoisotopic (exact) mass is 426 g/mol. The molecule has 158 valence electrons. The summed E-state index contributed by atoms with van der Waals surface area (Å²) in [5, 5.41) is 5.14. The van der Waals surface area contributed by atoms with Gasteiger partial charge in [-0.1, -0.05) is 0 Å². The Morgan fingerprint density at radius 2 is 1.94 bits per heavy atom. The lowest BCUT2D eigenvalue weighted by Gasteiger charge is -2.32. The number of amides is 1. The summed E-state index contributed by atoms with van der Waals surface area (Å²) in [6.07, 6.45) is 3.46. The molecule has 0 aliphatic carbocycles. The van der Waals surface area contributed by atoms with E-state index >= 15 is 0 Å². The summed E-state index contributed by atoms with van der Waals surface area (Å²) in [6.45, 7) is 2.21. The zero-order valence-corrected chi connectivity index (χ0v) is 16.7. The number of nitrogens with zero attached hydrogens (tertiary/aromatic N) is 4. The fourth-order valence-corrected chi connectivity index (χ4v) is 4.28. The van der Waals surface area contributed by atoms with Crippen molar-refractivity contribution in [2.75, 3.05) is 6.54 Å². The van der Waals surface area contributed by atoms with E-state index in [1.54, 1.807) is 24.1 Å². The number of halogens is 3. The van der Waals surface area contributed by atoms with Gasteiger partial charge in [0.15, 0.2) is 17.5 Å². The van der Waals surface area contributed by atoms with Gasteiger partial charge in [-0.2, -0.15) is 5.10 Å². The summed E-state index contributed by atoms with van der Waals surface area (Å²) < 4.78 is 47.9. The molecule has 1 atom stereocenters. The molecule has 1 amide bonds. The van der Waals surface area contributed by atoms with Crippen molar-refractivity contribution in [3.8, 4) is 11.3 Å². The van der Waals surface area contributed by atoms with Crippen LogP contribution in [0.1, 0.15) is 34.7 Å². The van der Waals surface area contributed by atoms with Gasteiger partial charge in [0.05, 0.1) is 29.1 Å². The molecule has 9 heteroatoms. The van der Waals surface area contributed by atoms with E-state index in [0.29, 0.717) is 41.0 Å². The fourth-order valence-electron chi connectivity index (χ4n) is 4.28. The standard InChI is InChI=1S/C22H17F3N4O2/c1-11-19-14(21(28(2)27-19)12-9-15(23)18(25)16(24)10-12)4-7-29(11)22(30)20-13-5-8-31-17(13)3-6-26-20/h3,5-6,8-11H,4,7H2,1-2H3/t11-/m0/s1. The van der Waals surface area contributed by atoms with E-state index in [0.717, 1.165) is 17.7 Å². The second kappa shape index (κ2) is 6.97. The van der Waals surface area contributed by atoms with Crippen molar-refractivity contribution < 1.29 is 22.4 Å². The van der Waals surface area contributed by atoms with Gasteiger partial charge in [0, 0.05) is 30.9 Å². The van der Waals surface area contributed by atoms with Crippen LogP contribution in [0.2, 0.25) is 0 Å². The maximum Gasteiger partial charge on any atom is 0.273 e. The van der Waals surface area contributed by atoms with Gasteiger partial charge in [0.25, 0.3) is 5.91 Å². The van der Waals surface area contributed by atoms with Crippen LogP contribution in [0.25, 0.3) is 22.2 Å². The molecule has 4 aromatic rings. The third kappa shape index (κ3) is 2.91. The van der Waals surface area contributed by atoms with Gasteiger partial charge in [-0.15, -0.1) is 0 Å². The van der Waals surface area contributed by atoms with E-state index in [1.807, 2.05) is 6.92 Å². The molecule has 0 saturated heterocycles. The molecule has 31 heavy (non-hydrogen) atoms. The second-order valence-electron chi connectivity index (χ2n) is 7.51. The van der Waals surface area contributed by atoms with Crippen molar-refractivity contribution >= 4 is 16.9 Å². The van der Waals surface area contributed by atoms with Crippen LogP contribution in [0, 0.1) is 17.5 Å². The first kappa shape index (κ1) is 19.3. The van der Waals surface area contributed by atoms with Crippen molar-refractivity contribution in [2.24, 2.45) is 7.05 Å². The van der Waals surface area contributed by atoms with Crippen molar-refractivity contribution in [3.63, 3.8) is 0 Å². The largest absolute Gasteiger partial charge is 0.464 e. The number of aromatic nitrogens is 3. The van der Waals surface area contributed by atoms with E-state index in [4.69, 9.17) is 4.42 Å². The van der Waals surface area contributed by atoms with Gasteiger partial charge in [-0.05, 0) is 37.6 Å². The number of carbonyl (C=O) groups is 1. The van der Waals surface area contributed by atoms with E-state index < -0.39 is 23.5 Å². The first-order valence-corrected chi connectivity index (χ1v) is 9.70. The summed E-state index contributed by atoms with van der Waals surface area (Å²) in [7, 11) is 1.65. The molecule has 0 radical (unpaired) electrons. The molecule has 0 fully saturated rings. The van der Waals surface area contributed by atoms with Gasteiger partial charge >= 0.3 is 0 Å². The highest BCUT2D eigenvalue weighted by Crippen LogP contribution is 2.37. The Labute approximate surface area is 174 Å². The Balaban J connectivity index is 1.54. The minimum absolute atomic E-state index is 0.199. The van der Waals surface area contributed by atoms with Crippen molar-refractivity contribution in [1.82, 2.24) is 19.7 Å². The Bertz CT molecular complexity index is 1320. The molecule has 0 spiro atoms. The van der Waals surface area contributed by atoms with Gasteiger partial charge in [0.1, 0.15) is 11.3 Å². The first-order chi connectivity index (χ1) is 14.9. The fraction of sp³-hybridized carbons (Fsp3) is 0.227. The number of hydrogen-bond donors (Lipinski definition) is 0. The van der Waals surface area contributed by atoms with Crippen molar-refractivity contribution in [3.05, 3.63) is 71.1 Å². The Morgan fingerprint density at radius 3 is 2.68 bits per heavy atom. The zero-order chi connectivity index (χ0) is 21.9. The van der Waals surface area contributed by atoms with Gasteiger partial charge in [-0.25, -0.2) is 13.2 Å². The van der Waals surface area contributed by atoms with Crippen LogP contribution in [0.3, 0.4) is 0 Å². The third-order valence-corrected chi connectivity index (χ3v) is 5.74. The van der Waals surface area contributed by atoms with Crippen LogP contribution < -0.4 is 0 Å². The molecular formula is C22H17F3N4O2. The lowest BCUT2D eigenvalue weighted by atomic mass is 9.95. The van der Waals surface area contributed by atoms with Gasteiger partial charge < -0.3 is 9.32 Å². The van der Waals surface area contributed by atoms with E-state index in [2.05, 4.69) is 10.1 Å². The van der Waals surface area contributed by atoms with Crippen LogP contribution in [0.5, 0.6) is 0 Å². The summed E-state index contributed by atoms with van der Waals surface area (Å²) in [5.41, 5.74) is 2.97. The van der Waals surface area contributed by atoms with Gasteiger partial charge in [-0.3, -0.25) is 14.5 Å².